The monoisotopic (exact) mass is 287 g/mol. The number of piperidine rings is 1. The van der Waals surface area contributed by atoms with Gasteiger partial charge in [-0.15, -0.1) is 0 Å². The third kappa shape index (κ3) is 5.01. The fraction of sp³-hybridized carbons (Fsp3) is 0.500. The second-order valence-corrected chi connectivity index (χ2v) is 5.56. The van der Waals surface area contributed by atoms with Gasteiger partial charge >= 0.3 is 0 Å². The summed E-state index contributed by atoms with van der Waals surface area (Å²) in [7, 11) is 0. The highest BCUT2D eigenvalue weighted by Crippen LogP contribution is 2.29. The maximum atomic E-state index is 12.2. The van der Waals surface area contributed by atoms with Crippen LogP contribution in [0.5, 0.6) is 0 Å². The van der Waals surface area contributed by atoms with Gasteiger partial charge in [-0.2, -0.15) is 0 Å². The third-order valence-corrected chi connectivity index (χ3v) is 3.99. The molecular formula is C18H25NO2. The zero-order chi connectivity index (χ0) is 15.1. The van der Waals surface area contributed by atoms with Crippen molar-refractivity contribution in [3.63, 3.8) is 0 Å². The molecule has 0 saturated carbocycles. The highest BCUT2D eigenvalue weighted by Gasteiger charge is 2.35. The lowest BCUT2D eigenvalue weighted by atomic mass is 9.94. The predicted molar refractivity (Wildman–Crippen MR) is 85.9 cm³/mol. The largest absolute Gasteiger partial charge is 0.373 e. The van der Waals surface area contributed by atoms with E-state index in [-0.39, 0.29) is 5.91 Å². The molecule has 21 heavy (non-hydrogen) atoms. The van der Waals surface area contributed by atoms with Gasteiger partial charge in [0.1, 0.15) is 0 Å². The molecule has 2 saturated heterocycles. The molecule has 0 bridgehead atoms. The van der Waals surface area contributed by atoms with Crippen LogP contribution in [0.25, 0.3) is 0 Å². The number of nitrogens with zero attached hydrogens (tertiary/aromatic N) is 1. The zero-order valence-electron chi connectivity index (χ0n) is 13.0. The van der Waals surface area contributed by atoms with Crippen LogP contribution in [0.3, 0.4) is 0 Å². The van der Waals surface area contributed by atoms with Crippen molar-refractivity contribution in [3.05, 3.63) is 48.1 Å². The Balaban J connectivity index is 1.86. The second kappa shape index (κ2) is 7.99. The Labute approximate surface area is 127 Å². The summed E-state index contributed by atoms with van der Waals surface area (Å²) in [6.45, 7) is 6.58. The van der Waals surface area contributed by atoms with Gasteiger partial charge in [0.05, 0.1) is 12.7 Å². The van der Waals surface area contributed by atoms with E-state index in [1.807, 2.05) is 55.2 Å². The van der Waals surface area contributed by atoms with Crippen LogP contribution >= 0.6 is 0 Å². The van der Waals surface area contributed by atoms with E-state index < -0.39 is 0 Å². The molecule has 3 nitrogen and oxygen atoms in total. The fourth-order valence-electron chi connectivity index (χ4n) is 2.66. The molecule has 1 unspecified atom stereocenters. The maximum Gasteiger partial charge on any atom is 0.246 e. The highest BCUT2D eigenvalue weighted by atomic mass is 16.6. The van der Waals surface area contributed by atoms with Crippen LogP contribution in [0.15, 0.2) is 48.1 Å². The van der Waals surface area contributed by atoms with Gasteiger partial charge in [-0.3, -0.25) is 4.79 Å². The first kappa shape index (κ1) is 15.8. The van der Waals surface area contributed by atoms with Gasteiger partial charge in [-0.05, 0) is 44.3 Å². The summed E-state index contributed by atoms with van der Waals surface area (Å²) in [5.41, 5.74) is 1.03. The number of epoxide rings is 1. The summed E-state index contributed by atoms with van der Waals surface area (Å²) in [5.74, 6) is 0.771. The second-order valence-electron chi connectivity index (χ2n) is 5.56. The third-order valence-electron chi connectivity index (χ3n) is 3.99. The Bertz CT molecular complexity index is 462. The first-order valence-electron chi connectivity index (χ1n) is 7.79. The number of amides is 1. The molecule has 0 aliphatic carbocycles. The van der Waals surface area contributed by atoms with Crippen LogP contribution in [-0.4, -0.2) is 36.6 Å². The number of carbonyl (C=O) groups excluding carboxylic acids is 1. The van der Waals surface area contributed by atoms with Gasteiger partial charge in [0.15, 0.2) is 0 Å². The molecule has 3 heteroatoms. The van der Waals surface area contributed by atoms with Gasteiger partial charge in [0, 0.05) is 19.2 Å². The molecule has 2 heterocycles. The van der Waals surface area contributed by atoms with Crippen LogP contribution in [0.2, 0.25) is 0 Å². The van der Waals surface area contributed by atoms with E-state index in [1.165, 1.54) is 0 Å². The summed E-state index contributed by atoms with van der Waals surface area (Å²) in [6.07, 6.45) is 16.1. The van der Waals surface area contributed by atoms with Crippen molar-refractivity contribution in [1.82, 2.24) is 4.90 Å². The van der Waals surface area contributed by atoms with Gasteiger partial charge in [-0.1, -0.05) is 30.4 Å². The number of hydrogen-bond donors (Lipinski definition) is 0. The van der Waals surface area contributed by atoms with Crippen LogP contribution in [0.4, 0.5) is 0 Å². The van der Waals surface area contributed by atoms with Crippen molar-refractivity contribution >= 4 is 5.91 Å². The van der Waals surface area contributed by atoms with E-state index in [9.17, 15) is 4.79 Å². The maximum absolute atomic E-state index is 12.2. The predicted octanol–water partition coefficient (Wildman–Crippen LogP) is 3.26. The molecule has 0 aromatic carbocycles. The van der Waals surface area contributed by atoms with Gasteiger partial charge in [0.25, 0.3) is 0 Å². The van der Waals surface area contributed by atoms with E-state index in [2.05, 4.69) is 0 Å². The first-order chi connectivity index (χ1) is 10.2. The smallest absolute Gasteiger partial charge is 0.246 e. The summed E-state index contributed by atoms with van der Waals surface area (Å²) in [6, 6.07) is 0. The van der Waals surface area contributed by atoms with Gasteiger partial charge in [-0.25, -0.2) is 0 Å². The average molecular weight is 287 g/mol. The minimum absolute atomic E-state index is 0.112. The Morgan fingerprint density at radius 3 is 2.38 bits per heavy atom. The minimum atomic E-state index is 0.112. The van der Waals surface area contributed by atoms with E-state index in [1.54, 1.807) is 6.08 Å². The van der Waals surface area contributed by atoms with E-state index in [0.29, 0.717) is 12.0 Å². The van der Waals surface area contributed by atoms with Crippen molar-refractivity contribution < 1.29 is 9.53 Å². The number of ether oxygens (including phenoxy) is 1. The molecule has 2 fully saturated rings. The molecule has 0 N–H and O–H groups in total. The SMILES string of the molecule is C\C=C/C=C(\C=C/C)/C=C/C(=O)N1CCC(C2CO2)CC1. The summed E-state index contributed by atoms with van der Waals surface area (Å²) >= 11 is 0. The van der Waals surface area contributed by atoms with Crippen molar-refractivity contribution in [2.24, 2.45) is 5.92 Å². The summed E-state index contributed by atoms with van der Waals surface area (Å²) in [4.78, 5) is 14.2. The Kier molecular flexibility index (Phi) is 6.00. The Hall–Kier alpha value is -1.61. The normalized spacial score (nSPS) is 24.6. The molecule has 0 spiro atoms. The summed E-state index contributed by atoms with van der Waals surface area (Å²) < 4.78 is 5.35. The lowest BCUT2D eigenvalue weighted by Gasteiger charge is -2.30. The lowest BCUT2D eigenvalue weighted by Crippen LogP contribution is -2.38. The zero-order valence-corrected chi connectivity index (χ0v) is 13.0. The number of rotatable bonds is 5. The lowest BCUT2D eigenvalue weighted by molar-refractivity contribution is -0.127. The fourth-order valence-corrected chi connectivity index (χ4v) is 2.66. The van der Waals surface area contributed by atoms with Gasteiger partial charge in [0.2, 0.25) is 5.91 Å². The summed E-state index contributed by atoms with van der Waals surface area (Å²) in [5, 5.41) is 0. The molecule has 0 aromatic rings. The Morgan fingerprint density at radius 1 is 1.10 bits per heavy atom. The van der Waals surface area contributed by atoms with Gasteiger partial charge < -0.3 is 9.64 Å². The Morgan fingerprint density at radius 2 is 1.81 bits per heavy atom. The number of carbonyl (C=O) groups is 1. The quantitative estimate of drug-likeness (QED) is 0.442. The molecular weight excluding hydrogens is 262 g/mol. The highest BCUT2D eigenvalue weighted by molar-refractivity contribution is 5.88. The number of allylic oxidation sites excluding steroid dienone is 7. The van der Waals surface area contributed by atoms with Crippen LogP contribution in [0, 0.1) is 5.92 Å². The van der Waals surface area contributed by atoms with E-state index in [0.717, 1.165) is 38.1 Å². The van der Waals surface area contributed by atoms with Crippen molar-refractivity contribution in [2.45, 2.75) is 32.8 Å². The molecule has 2 aliphatic heterocycles. The molecule has 1 atom stereocenters. The minimum Gasteiger partial charge on any atom is -0.373 e. The number of hydrogen-bond acceptors (Lipinski definition) is 2. The molecule has 2 rings (SSSR count). The first-order valence-corrected chi connectivity index (χ1v) is 7.79. The van der Waals surface area contributed by atoms with E-state index in [4.69, 9.17) is 4.74 Å². The van der Waals surface area contributed by atoms with Crippen LogP contribution in [-0.2, 0) is 9.53 Å². The van der Waals surface area contributed by atoms with Crippen LogP contribution in [0.1, 0.15) is 26.7 Å². The molecule has 0 radical (unpaired) electrons. The molecule has 114 valence electrons. The molecule has 2 aliphatic rings. The average Bonchev–Trinajstić information content (AvgIpc) is 3.34. The van der Waals surface area contributed by atoms with Crippen LogP contribution < -0.4 is 0 Å². The van der Waals surface area contributed by atoms with Crippen molar-refractivity contribution in [3.8, 4) is 0 Å². The molecule has 1 amide bonds. The van der Waals surface area contributed by atoms with Crippen molar-refractivity contribution in [1.29, 1.82) is 0 Å². The van der Waals surface area contributed by atoms with Crippen molar-refractivity contribution in [2.75, 3.05) is 19.7 Å². The molecule has 0 aromatic heterocycles. The standard InChI is InChI=1S/C18H25NO2/c1-3-5-7-15(6-4-2)8-9-18(20)19-12-10-16(11-13-19)17-14-21-17/h3-9,16-17H,10-14H2,1-2H3/b5-3-,6-4-,9-8+,15-7+. The van der Waals surface area contributed by atoms with E-state index >= 15 is 0 Å². The topological polar surface area (TPSA) is 32.8 Å². The number of likely N-dealkylation sites (tertiary alicyclic amines) is 1.